The molecule has 0 aromatic heterocycles. The maximum atomic E-state index is 12.6. The fraction of sp³-hybridized carbons (Fsp3) is 0.111. The van der Waals surface area contributed by atoms with Gasteiger partial charge in [0.05, 0.1) is 11.3 Å². The van der Waals surface area contributed by atoms with Gasteiger partial charge < -0.3 is 10.2 Å². The van der Waals surface area contributed by atoms with Gasteiger partial charge >= 0.3 is 0 Å². The normalized spacial score (nSPS) is 19.3. The van der Waals surface area contributed by atoms with Crippen molar-refractivity contribution in [3.05, 3.63) is 64.9 Å². The summed E-state index contributed by atoms with van der Waals surface area (Å²) in [5.74, 6) is -0.273. The van der Waals surface area contributed by atoms with E-state index in [1.807, 2.05) is 43.3 Å². The van der Waals surface area contributed by atoms with E-state index in [1.54, 1.807) is 18.0 Å². The summed E-state index contributed by atoms with van der Waals surface area (Å²) in [5, 5.41) is 3.12. The Bertz CT molecular complexity index is 880. The topological polar surface area (TPSA) is 49.4 Å². The van der Waals surface area contributed by atoms with Crippen LogP contribution in [-0.4, -0.2) is 18.7 Å². The number of likely N-dealkylation sites (N-methyl/N-ethyl adjacent to an activating group) is 1. The Morgan fingerprint density at radius 2 is 1.77 bits per heavy atom. The smallest absolute Gasteiger partial charge is 0.260 e. The van der Waals surface area contributed by atoms with Gasteiger partial charge in [-0.25, -0.2) is 0 Å². The van der Waals surface area contributed by atoms with Crippen molar-refractivity contribution in [1.82, 2.24) is 0 Å². The number of carbonyl (C=O) groups excluding carboxylic acids is 2. The van der Waals surface area contributed by atoms with Crippen molar-refractivity contribution in [3.8, 4) is 0 Å². The molecule has 4 rings (SSSR count). The highest BCUT2D eigenvalue weighted by Crippen LogP contribution is 2.41. The molecule has 0 aliphatic carbocycles. The molecule has 0 unspecified atom stereocenters. The van der Waals surface area contributed by atoms with Gasteiger partial charge in [0.15, 0.2) is 0 Å². The molecule has 2 aliphatic heterocycles. The summed E-state index contributed by atoms with van der Waals surface area (Å²) >= 11 is 0. The molecule has 108 valence electrons. The van der Waals surface area contributed by atoms with E-state index in [-0.39, 0.29) is 11.7 Å². The molecule has 1 amide bonds. The van der Waals surface area contributed by atoms with Gasteiger partial charge in [0.2, 0.25) is 5.78 Å². The number of benzene rings is 2. The van der Waals surface area contributed by atoms with Gasteiger partial charge in [0, 0.05) is 23.9 Å². The van der Waals surface area contributed by atoms with Crippen molar-refractivity contribution in [1.29, 1.82) is 0 Å². The second-order valence-electron chi connectivity index (χ2n) is 5.63. The van der Waals surface area contributed by atoms with E-state index in [9.17, 15) is 9.59 Å². The molecule has 4 heteroatoms. The van der Waals surface area contributed by atoms with E-state index in [0.29, 0.717) is 16.8 Å². The first-order chi connectivity index (χ1) is 10.6. The van der Waals surface area contributed by atoms with Crippen molar-refractivity contribution in [3.63, 3.8) is 0 Å². The Hall–Kier alpha value is -2.88. The second-order valence-corrected chi connectivity index (χ2v) is 5.63. The van der Waals surface area contributed by atoms with E-state index >= 15 is 0 Å². The number of Topliss-reactive ketones (excluding diaryl/α,β-unsaturated/α-hetero) is 1. The number of fused-ring (bicyclic) bond motifs is 2. The summed E-state index contributed by atoms with van der Waals surface area (Å²) in [5.41, 5.74) is 4.94. The number of ketones is 1. The molecule has 0 bridgehead atoms. The molecule has 2 aromatic carbocycles. The summed E-state index contributed by atoms with van der Waals surface area (Å²) in [6, 6.07) is 13.1. The van der Waals surface area contributed by atoms with E-state index in [2.05, 4.69) is 5.32 Å². The number of aryl methyl sites for hydroxylation is 1. The molecule has 2 aromatic rings. The Balaban J connectivity index is 1.95. The number of amides is 1. The minimum atomic E-state index is -0.149. The highest BCUT2D eigenvalue weighted by atomic mass is 16.2. The lowest BCUT2D eigenvalue weighted by atomic mass is 10.0. The lowest BCUT2D eigenvalue weighted by molar-refractivity contribution is -0.112. The third kappa shape index (κ3) is 1.58. The van der Waals surface area contributed by atoms with Crippen LogP contribution in [0.3, 0.4) is 0 Å². The Morgan fingerprint density at radius 1 is 1.00 bits per heavy atom. The minimum Gasteiger partial charge on any atom is -0.351 e. The molecule has 0 spiro atoms. The number of nitrogens with one attached hydrogen (secondary N) is 1. The number of hydrogen-bond donors (Lipinski definition) is 1. The van der Waals surface area contributed by atoms with E-state index < -0.39 is 0 Å². The molecular formula is C18H14N2O2. The Morgan fingerprint density at radius 3 is 2.55 bits per heavy atom. The predicted octanol–water partition coefficient (Wildman–Crippen LogP) is 2.99. The predicted molar refractivity (Wildman–Crippen MR) is 85.9 cm³/mol. The van der Waals surface area contributed by atoms with E-state index in [0.717, 1.165) is 22.5 Å². The molecular weight excluding hydrogens is 276 g/mol. The van der Waals surface area contributed by atoms with Crippen LogP contribution in [0, 0.1) is 6.92 Å². The van der Waals surface area contributed by atoms with Crippen molar-refractivity contribution < 1.29 is 9.59 Å². The zero-order valence-electron chi connectivity index (χ0n) is 12.3. The average molecular weight is 290 g/mol. The van der Waals surface area contributed by atoms with Gasteiger partial charge in [-0.05, 0) is 30.7 Å². The number of carbonyl (C=O) groups is 2. The minimum absolute atomic E-state index is 0.124. The van der Waals surface area contributed by atoms with Gasteiger partial charge in [0.25, 0.3) is 5.91 Å². The van der Waals surface area contributed by atoms with Crippen LogP contribution < -0.4 is 10.2 Å². The molecule has 0 atom stereocenters. The number of hydrogen-bond acceptors (Lipinski definition) is 3. The third-order valence-electron chi connectivity index (χ3n) is 4.21. The molecule has 0 saturated carbocycles. The summed E-state index contributed by atoms with van der Waals surface area (Å²) < 4.78 is 0. The highest BCUT2D eigenvalue weighted by Gasteiger charge is 2.37. The first-order valence-corrected chi connectivity index (χ1v) is 7.12. The van der Waals surface area contributed by atoms with Gasteiger partial charge in [-0.1, -0.05) is 24.3 Å². The van der Waals surface area contributed by atoms with Crippen LogP contribution in [-0.2, 0) is 4.79 Å². The van der Waals surface area contributed by atoms with Crippen molar-refractivity contribution in [2.75, 3.05) is 17.3 Å². The fourth-order valence-corrected chi connectivity index (χ4v) is 3.06. The van der Waals surface area contributed by atoms with E-state index in [4.69, 9.17) is 0 Å². The largest absolute Gasteiger partial charge is 0.351 e. The Kier molecular flexibility index (Phi) is 2.51. The third-order valence-corrected chi connectivity index (χ3v) is 4.21. The first-order valence-electron chi connectivity index (χ1n) is 7.12. The first kappa shape index (κ1) is 12.8. The molecule has 0 fully saturated rings. The lowest BCUT2D eigenvalue weighted by Crippen LogP contribution is -2.22. The molecule has 4 nitrogen and oxygen atoms in total. The maximum Gasteiger partial charge on any atom is 0.260 e. The van der Waals surface area contributed by atoms with Crippen LogP contribution >= 0.6 is 0 Å². The highest BCUT2D eigenvalue weighted by molar-refractivity contribution is 6.39. The zero-order valence-corrected chi connectivity index (χ0v) is 12.3. The van der Waals surface area contributed by atoms with Gasteiger partial charge in [-0.3, -0.25) is 9.59 Å². The van der Waals surface area contributed by atoms with Crippen molar-refractivity contribution >= 4 is 28.6 Å². The monoisotopic (exact) mass is 290 g/mol. The van der Waals surface area contributed by atoms with E-state index in [1.165, 1.54) is 0 Å². The molecule has 0 saturated heterocycles. The summed E-state index contributed by atoms with van der Waals surface area (Å²) in [6.45, 7) is 1.98. The molecule has 1 N–H and O–H groups in total. The average Bonchev–Trinajstić information content (AvgIpc) is 2.96. The van der Waals surface area contributed by atoms with Crippen molar-refractivity contribution in [2.45, 2.75) is 6.92 Å². The van der Waals surface area contributed by atoms with Crippen molar-refractivity contribution in [2.24, 2.45) is 0 Å². The molecule has 2 heterocycles. The van der Waals surface area contributed by atoms with Crippen LogP contribution in [0.25, 0.3) is 5.57 Å². The standard InChI is InChI=1S/C18H14N2O2/c1-10-7-8-12-14(9-10)20(2)18(22)15(12)16-17(21)11-5-3-4-6-13(11)19-16/h3-9,19H,1-2H3/b16-15-. The van der Waals surface area contributed by atoms with Gasteiger partial charge in [-0.2, -0.15) is 0 Å². The molecule has 0 radical (unpaired) electrons. The number of nitrogens with zero attached hydrogens (tertiary/aromatic N) is 1. The quantitative estimate of drug-likeness (QED) is 0.759. The summed E-state index contributed by atoms with van der Waals surface area (Å²) in [7, 11) is 1.74. The molecule has 22 heavy (non-hydrogen) atoms. The van der Waals surface area contributed by atoms with Gasteiger partial charge in [0.1, 0.15) is 5.70 Å². The van der Waals surface area contributed by atoms with Crippen LogP contribution in [0.2, 0.25) is 0 Å². The van der Waals surface area contributed by atoms with Gasteiger partial charge in [-0.15, -0.1) is 0 Å². The van der Waals surface area contributed by atoms with Crippen LogP contribution in [0.1, 0.15) is 21.5 Å². The second kappa shape index (κ2) is 4.31. The van der Waals surface area contributed by atoms with Crippen LogP contribution in [0.15, 0.2) is 48.2 Å². The number of anilines is 2. The molecule has 2 aliphatic rings. The van der Waals surface area contributed by atoms with Crippen LogP contribution in [0.5, 0.6) is 0 Å². The Labute approximate surface area is 128 Å². The number of rotatable bonds is 0. The summed E-state index contributed by atoms with van der Waals surface area (Å²) in [4.78, 5) is 26.9. The SMILES string of the molecule is Cc1ccc2c(c1)N(C)C(=O)/C2=C1\Nc2ccccc2C1=O. The zero-order chi connectivity index (χ0) is 15.4. The number of para-hydroxylation sites is 1. The number of allylic oxidation sites excluding steroid dienone is 1. The maximum absolute atomic E-state index is 12.6. The van der Waals surface area contributed by atoms with Crippen LogP contribution in [0.4, 0.5) is 11.4 Å². The fourth-order valence-electron chi connectivity index (χ4n) is 3.06. The summed E-state index contributed by atoms with van der Waals surface area (Å²) in [6.07, 6.45) is 0. The lowest BCUT2D eigenvalue weighted by Gasteiger charge is -2.09.